The molecule has 3 aromatic rings. The van der Waals surface area contributed by atoms with E-state index in [0.717, 1.165) is 0 Å². The van der Waals surface area contributed by atoms with Gasteiger partial charge in [0.05, 0.1) is 34.1 Å². The number of rotatable bonds is 4. The molecular formula is C21H21FN4O3S. The number of benzene rings is 2. The Kier molecular flexibility index (Phi) is 5.07. The Morgan fingerprint density at radius 1 is 1.03 bits per heavy atom. The van der Waals surface area contributed by atoms with Crippen LogP contribution in [-0.2, 0) is 10.0 Å². The first-order chi connectivity index (χ1) is 14.3. The quantitative estimate of drug-likeness (QED) is 0.690. The van der Waals surface area contributed by atoms with Crippen LogP contribution >= 0.6 is 0 Å². The second-order valence-electron chi connectivity index (χ2n) is 7.18. The molecule has 1 N–H and O–H groups in total. The molecule has 1 aliphatic rings. The van der Waals surface area contributed by atoms with Gasteiger partial charge in [0.15, 0.2) is 0 Å². The summed E-state index contributed by atoms with van der Waals surface area (Å²) in [7, 11) is -3.25. The van der Waals surface area contributed by atoms with Gasteiger partial charge in [0, 0.05) is 12.2 Å². The normalized spacial score (nSPS) is 15.4. The molecule has 0 spiro atoms. The maximum Gasteiger partial charge on any atom is 0.259 e. The minimum Gasteiger partial charge on any atom is -0.322 e. The predicted molar refractivity (Wildman–Crippen MR) is 113 cm³/mol. The topological polar surface area (TPSA) is 84.3 Å². The van der Waals surface area contributed by atoms with Crippen LogP contribution in [0.4, 0.5) is 15.8 Å². The summed E-state index contributed by atoms with van der Waals surface area (Å²) in [5.74, 6) is -0.509. The zero-order chi connectivity index (χ0) is 21.5. The van der Waals surface area contributed by atoms with E-state index in [-0.39, 0.29) is 17.5 Å². The third-order valence-corrected chi connectivity index (χ3v) is 6.97. The number of carbonyl (C=O) groups excluding carboxylic acids is 1. The monoisotopic (exact) mass is 428 g/mol. The molecule has 9 heteroatoms. The number of sulfonamides is 1. The molecule has 0 saturated carbocycles. The first-order valence-electron chi connectivity index (χ1n) is 9.50. The minimum atomic E-state index is -3.25. The molecule has 7 nitrogen and oxygen atoms in total. The van der Waals surface area contributed by atoms with Crippen molar-refractivity contribution >= 4 is 27.3 Å². The van der Waals surface area contributed by atoms with Gasteiger partial charge in [0.1, 0.15) is 5.82 Å². The fourth-order valence-corrected chi connectivity index (χ4v) is 5.20. The maximum absolute atomic E-state index is 13.2. The van der Waals surface area contributed by atoms with E-state index in [1.165, 1.54) is 16.4 Å². The van der Waals surface area contributed by atoms with Crippen molar-refractivity contribution in [2.24, 2.45) is 0 Å². The van der Waals surface area contributed by atoms with Gasteiger partial charge in [0.2, 0.25) is 10.0 Å². The van der Waals surface area contributed by atoms with Crippen LogP contribution in [0.25, 0.3) is 5.69 Å². The second kappa shape index (κ2) is 7.56. The lowest BCUT2D eigenvalue weighted by atomic mass is 10.1. The van der Waals surface area contributed by atoms with Gasteiger partial charge in [-0.15, -0.1) is 0 Å². The van der Waals surface area contributed by atoms with Gasteiger partial charge in [0.25, 0.3) is 5.91 Å². The number of hydrogen-bond donors (Lipinski definition) is 1. The molecular weight excluding hydrogens is 407 g/mol. The average Bonchev–Trinajstić information content (AvgIpc) is 3.21. The van der Waals surface area contributed by atoms with Crippen LogP contribution in [0.15, 0.2) is 48.5 Å². The van der Waals surface area contributed by atoms with Crippen molar-refractivity contribution in [3.05, 3.63) is 71.3 Å². The summed E-state index contributed by atoms with van der Waals surface area (Å²) in [6.07, 6.45) is 0.609. The number of nitrogens with zero attached hydrogens (tertiary/aromatic N) is 3. The molecule has 1 fully saturated rings. The summed E-state index contributed by atoms with van der Waals surface area (Å²) in [6, 6.07) is 12.6. The Balaban J connectivity index is 1.55. The van der Waals surface area contributed by atoms with Crippen LogP contribution in [0.5, 0.6) is 0 Å². The molecule has 2 aromatic carbocycles. The third-order valence-electron chi connectivity index (χ3n) is 5.10. The minimum absolute atomic E-state index is 0.155. The molecule has 1 amide bonds. The molecule has 0 unspecified atom stereocenters. The van der Waals surface area contributed by atoms with Gasteiger partial charge in [-0.2, -0.15) is 5.10 Å². The SMILES string of the molecule is Cc1nn(-c2ccc(F)cc2)c(C)c1C(=O)Nc1ccc(N2CCCS2(=O)=O)cc1. The summed E-state index contributed by atoms with van der Waals surface area (Å²) >= 11 is 0. The molecule has 4 rings (SSSR count). The number of halogens is 1. The third kappa shape index (κ3) is 3.68. The number of carbonyl (C=O) groups is 1. The molecule has 0 aliphatic carbocycles. The molecule has 30 heavy (non-hydrogen) atoms. The van der Waals surface area contributed by atoms with Crippen molar-refractivity contribution < 1.29 is 17.6 Å². The fourth-order valence-electron chi connectivity index (χ4n) is 3.64. The standard InChI is InChI=1S/C21H21FN4O3S/c1-14-20(15(2)26(24-14)19-8-4-16(22)5-9-19)21(27)23-17-6-10-18(11-7-17)25-12-3-13-30(25,28)29/h4-11H,3,12-13H2,1-2H3,(H,23,27). The van der Waals surface area contributed by atoms with E-state index in [9.17, 15) is 17.6 Å². The van der Waals surface area contributed by atoms with Crippen molar-refractivity contribution in [1.29, 1.82) is 0 Å². The zero-order valence-corrected chi connectivity index (χ0v) is 17.4. The summed E-state index contributed by atoms with van der Waals surface area (Å²) in [6.45, 7) is 3.98. The zero-order valence-electron chi connectivity index (χ0n) is 16.6. The molecule has 0 radical (unpaired) electrons. The summed E-state index contributed by atoms with van der Waals surface area (Å²) < 4.78 is 40.3. The number of nitrogens with one attached hydrogen (secondary N) is 1. The molecule has 156 valence electrons. The van der Waals surface area contributed by atoms with Gasteiger partial charge in [-0.05, 0) is 68.8 Å². The summed E-state index contributed by atoms with van der Waals surface area (Å²) in [5.41, 5.74) is 3.42. The first-order valence-corrected chi connectivity index (χ1v) is 11.1. The van der Waals surface area contributed by atoms with Gasteiger partial charge in [-0.3, -0.25) is 9.10 Å². The molecule has 0 bridgehead atoms. The Morgan fingerprint density at radius 3 is 2.27 bits per heavy atom. The van der Waals surface area contributed by atoms with E-state index in [1.54, 1.807) is 54.9 Å². The van der Waals surface area contributed by atoms with E-state index >= 15 is 0 Å². The Morgan fingerprint density at radius 2 is 1.67 bits per heavy atom. The van der Waals surface area contributed by atoms with Crippen molar-refractivity contribution in [2.75, 3.05) is 21.9 Å². The summed E-state index contributed by atoms with van der Waals surface area (Å²) in [4.78, 5) is 12.9. The highest BCUT2D eigenvalue weighted by Gasteiger charge is 2.28. The lowest BCUT2D eigenvalue weighted by Gasteiger charge is -2.17. The van der Waals surface area contributed by atoms with Crippen molar-refractivity contribution in [3.63, 3.8) is 0 Å². The Hall–Kier alpha value is -3.20. The van der Waals surface area contributed by atoms with Gasteiger partial charge < -0.3 is 5.32 Å². The number of anilines is 2. The average molecular weight is 428 g/mol. The number of hydrogen-bond acceptors (Lipinski definition) is 4. The first kappa shape index (κ1) is 20.1. The van der Waals surface area contributed by atoms with Crippen LogP contribution in [-0.4, -0.2) is 36.4 Å². The molecule has 1 saturated heterocycles. The van der Waals surface area contributed by atoms with Crippen molar-refractivity contribution in [1.82, 2.24) is 9.78 Å². The molecule has 0 atom stereocenters. The largest absolute Gasteiger partial charge is 0.322 e. The van der Waals surface area contributed by atoms with Gasteiger partial charge in [-0.1, -0.05) is 0 Å². The van der Waals surface area contributed by atoms with Crippen LogP contribution in [0.2, 0.25) is 0 Å². The van der Waals surface area contributed by atoms with Gasteiger partial charge >= 0.3 is 0 Å². The number of aryl methyl sites for hydroxylation is 1. The lowest BCUT2D eigenvalue weighted by molar-refractivity contribution is 0.102. The highest BCUT2D eigenvalue weighted by Crippen LogP contribution is 2.26. The van der Waals surface area contributed by atoms with E-state index in [1.807, 2.05) is 0 Å². The van der Waals surface area contributed by atoms with Gasteiger partial charge in [-0.25, -0.2) is 17.5 Å². The van der Waals surface area contributed by atoms with Crippen LogP contribution in [0.3, 0.4) is 0 Å². The van der Waals surface area contributed by atoms with Crippen molar-refractivity contribution in [3.8, 4) is 5.69 Å². The smallest absolute Gasteiger partial charge is 0.259 e. The van der Waals surface area contributed by atoms with E-state index in [2.05, 4.69) is 10.4 Å². The number of aromatic nitrogens is 2. The fraction of sp³-hybridized carbons (Fsp3) is 0.238. The Labute approximate surface area is 174 Å². The maximum atomic E-state index is 13.2. The highest BCUT2D eigenvalue weighted by molar-refractivity contribution is 7.93. The molecule has 2 heterocycles. The number of amides is 1. The summed E-state index contributed by atoms with van der Waals surface area (Å²) in [5, 5.41) is 7.25. The van der Waals surface area contributed by atoms with Crippen LogP contribution < -0.4 is 9.62 Å². The van der Waals surface area contributed by atoms with Crippen LogP contribution in [0, 0.1) is 19.7 Å². The molecule has 1 aliphatic heterocycles. The Bertz CT molecular complexity index is 1200. The molecule has 1 aromatic heterocycles. The van der Waals surface area contributed by atoms with Crippen LogP contribution in [0.1, 0.15) is 28.2 Å². The van der Waals surface area contributed by atoms with E-state index in [0.29, 0.717) is 47.0 Å². The van der Waals surface area contributed by atoms with Crippen molar-refractivity contribution in [2.45, 2.75) is 20.3 Å². The lowest BCUT2D eigenvalue weighted by Crippen LogP contribution is -2.25. The van der Waals surface area contributed by atoms with E-state index < -0.39 is 10.0 Å². The van der Waals surface area contributed by atoms with E-state index in [4.69, 9.17) is 0 Å². The predicted octanol–water partition coefficient (Wildman–Crippen LogP) is 3.42. The highest BCUT2D eigenvalue weighted by atomic mass is 32.2. The second-order valence-corrected chi connectivity index (χ2v) is 9.19.